The van der Waals surface area contributed by atoms with Crippen LogP contribution in [0.15, 0.2) is 52.0 Å². The Morgan fingerprint density at radius 1 is 0.969 bits per heavy atom. The number of rotatable bonds is 9. The molecule has 8 nitrogen and oxygen atoms in total. The molecule has 0 bridgehead atoms. The molecular weight excluding hydrogens is 450 g/mol. The summed E-state index contributed by atoms with van der Waals surface area (Å²) in [6.07, 6.45) is 0.628. The van der Waals surface area contributed by atoms with Crippen LogP contribution < -0.4 is 9.47 Å². The van der Waals surface area contributed by atoms with Crippen molar-refractivity contribution in [3.05, 3.63) is 64.8 Å². The molecule has 0 fully saturated rings. The van der Waals surface area contributed by atoms with Gasteiger partial charge in [-0.1, -0.05) is 29.4 Å². The van der Waals surface area contributed by atoms with Crippen LogP contribution in [0.1, 0.15) is 24.2 Å². The fourth-order valence-electron chi connectivity index (χ4n) is 3.19. The summed E-state index contributed by atoms with van der Waals surface area (Å²) in [4.78, 5) is 0. The zero-order valence-electron chi connectivity index (χ0n) is 17.9. The normalized spacial score (nSPS) is 11.0. The number of halogens is 1. The standard InChI is InChI=1S/C22H22ClN5O3S/c1-4-28-19(12-14-5-10-17(29-2)18(11-14)30-3)24-27-22(28)32-13-20-25-26-21(31-20)15-6-8-16(23)9-7-15/h5-11H,4,12-13H2,1-3H3. The quantitative estimate of drug-likeness (QED) is 0.318. The Kier molecular flexibility index (Phi) is 6.96. The maximum atomic E-state index is 5.94. The first kappa shape index (κ1) is 22.2. The van der Waals surface area contributed by atoms with Crippen molar-refractivity contribution in [2.24, 2.45) is 0 Å². The van der Waals surface area contributed by atoms with Gasteiger partial charge in [-0.05, 0) is 48.9 Å². The van der Waals surface area contributed by atoms with E-state index in [0.29, 0.717) is 40.5 Å². The molecule has 0 atom stereocenters. The van der Waals surface area contributed by atoms with E-state index in [4.69, 9.17) is 25.5 Å². The van der Waals surface area contributed by atoms with Gasteiger partial charge in [-0.2, -0.15) is 0 Å². The molecule has 0 saturated carbocycles. The Morgan fingerprint density at radius 2 is 1.75 bits per heavy atom. The molecular formula is C22H22ClN5O3S. The van der Waals surface area contributed by atoms with Crippen molar-refractivity contribution < 1.29 is 13.9 Å². The van der Waals surface area contributed by atoms with E-state index in [1.54, 1.807) is 26.4 Å². The minimum Gasteiger partial charge on any atom is -0.493 e. The van der Waals surface area contributed by atoms with Gasteiger partial charge >= 0.3 is 0 Å². The fraction of sp³-hybridized carbons (Fsp3) is 0.273. The summed E-state index contributed by atoms with van der Waals surface area (Å²) in [6, 6.07) is 13.1. The molecule has 4 rings (SSSR count). The third kappa shape index (κ3) is 4.89. The third-order valence-corrected chi connectivity index (χ3v) is 6.01. The lowest BCUT2D eigenvalue weighted by Gasteiger charge is -2.10. The molecule has 10 heteroatoms. The lowest BCUT2D eigenvalue weighted by molar-refractivity contribution is 0.354. The summed E-state index contributed by atoms with van der Waals surface area (Å²) in [5.41, 5.74) is 1.89. The van der Waals surface area contributed by atoms with Gasteiger partial charge in [-0.25, -0.2) is 0 Å². The molecule has 0 aliphatic heterocycles. The van der Waals surface area contributed by atoms with Crippen LogP contribution in [-0.4, -0.2) is 39.2 Å². The van der Waals surface area contributed by atoms with Crippen LogP contribution in [0.3, 0.4) is 0 Å². The first-order chi connectivity index (χ1) is 15.6. The van der Waals surface area contributed by atoms with Crippen molar-refractivity contribution in [1.82, 2.24) is 25.0 Å². The second-order valence-corrected chi connectivity index (χ2v) is 8.18. The van der Waals surface area contributed by atoms with Crippen molar-refractivity contribution in [2.75, 3.05) is 14.2 Å². The Morgan fingerprint density at radius 3 is 2.47 bits per heavy atom. The van der Waals surface area contributed by atoms with Crippen LogP contribution in [0, 0.1) is 0 Å². The molecule has 0 spiro atoms. The number of ether oxygens (including phenoxy) is 2. The maximum Gasteiger partial charge on any atom is 0.247 e. The van der Waals surface area contributed by atoms with Crippen molar-refractivity contribution in [3.63, 3.8) is 0 Å². The summed E-state index contributed by atoms with van der Waals surface area (Å²) in [6.45, 7) is 2.81. The van der Waals surface area contributed by atoms with Crippen LogP contribution in [0.2, 0.25) is 5.02 Å². The SMILES string of the molecule is CCn1c(Cc2ccc(OC)c(OC)c2)nnc1SCc1nnc(-c2ccc(Cl)cc2)o1. The summed E-state index contributed by atoms with van der Waals surface area (Å²) in [7, 11) is 3.25. The minimum atomic E-state index is 0.461. The van der Waals surface area contributed by atoms with E-state index in [1.165, 1.54) is 11.8 Å². The van der Waals surface area contributed by atoms with Gasteiger partial charge in [-0.3, -0.25) is 0 Å². The van der Waals surface area contributed by atoms with Gasteiger partial charge in [0.25, 0.3) is 0 Å². The van der Waals surface area contributed by atoms with E-state index in [0.717, 1.165) is 28.7 Å². The zero-order chi connectivity index (χ0) is 22.5. The summed E-state index contributed by atoms with van der Waals surface area (Å²) < 4.78 is 18.6. The van der Waals surface area contributed by atoms with Gasteiger partial charge in [0.05, 0.1) is 20.0 Å². The van der Waals surface area contributed by atoms with E-state index < -0.39 is 0 Å². The molecule has 0 saturated heterocycles. The number of benzene rings is 2. The second-order valence-electron chi connectivity index (χ2n) is 6.81. The second kappa shape index (κ2) is 10.1. The highest BCUT2D eigenvalue weighted by atomic mass is 35.5. The average molecular weight is 472 g/mol. The van der Waals surface area contributed by atoms with Crippen molar-refractivity contribution in [3.8, 4) is 23.0 Å². The predicted molar refractivity (Wildman–Crippen MR) is 122 cm³/mol. The average Bonchev–Trinajstić information content (AvgIpc) is 3.44. The lowest BCUT2D eigenvalue weighted by atomic mass is 10.1. The van der Waals surface area contributed by atoms with Crippen molar-refractivity contribution >= 4 is 23.4 Å². The zero-order valence-corrected chi connectivity index (χ0v) is 19.5. The first-order valence-electron chi connectivity index (χ1n) is 9.95. The summed E-state index contributed by atoms with van der Waals surface area (Å²) >= 11 is 7.44. The molecule has 166 valence electrons. The number of aromatic nitrogens is 5. The molecule has 4 aromatic rings. The molecule has 0 aliphatic carbocycles. The lowest BCUT2D eigenvalue weighted by Crippen LogP contribution is -2.04. The first-order valence-corrected chi connectivity index (χ1v) is 11.3. The largest absolute Gasteiger partial charge is 0.493 e. The number of hydrogen-bond donors (Lipinski definition) is 0. The number of nitrogens with zero attached hydrogens (tertiary/aromatic N) is 5. The van der Waals surface area contributed by atoms with Crippen LogP contribution in [-0.2, 0) is 18.7 Å². The van der Waals surface area contributed by atoms with Crippen molar-refractivity contribution in [1.29, 1.82) is 0 Å². The Hall–Kier alpha value is -3.04. The van der Waals surface area contributed by atoms with Crippen molar-refractivity contribution in [2.45, 2.75) is 30.8 Å². The van der Waals surface area contributed by atoms with E-state index in [9.17, 15) is 0 Å². The highest BCUT2D eigenvalue weighted by Crippen LogP contribution is 2.29. The molecule has 0 N–H and O–H groups in total. The summed E-state index contributed by atoms with van der Waals surface area (Å²) in [5, 5.41) is 18.5. The monoisotopic (exact) mass is 471 g/mol. The van der Waals surface area contributed by atoms with Crippen LogP contribution >= 0.6 is 23.4 Å². The van der Waals surface area contributed by atoms with Gasteiger partial charge in [0.2, 0.25) is 11.8 Å². The Balaban J connectivity index is 1.45. The molecule has 2 heterocycles. The number of thioether (sulfide) groups is 1. The van der Waals surface area contributed by atoms with Gasteiger partial charge in [0, 0.05) is 23.6 Å². The fourth-order valence-corrected chi connectivity index (χ4v) is 4.18. The van der Waals surface area contributed by atoms with Crippen LogP contribution in [0.25, 0.3) is 11.5 Å². The smallest absolute Gasteiger partial charge is 0.247 e. The maximum absolute atomic E-state index is 5.94. The topological polar surface area (TPSA) is 88.1 Å². The molecule has 2 aromatic heterocycles. The molecule has 2 aromatic carbocycles. The molecule has 0 radical (unpaired) electrons. The minimum absolute atomic E-state index is 0.461. The number of methoxy groups -OCH3 is 2. The highest BCUT2D eigenvalue weighted by Gasteiger charge is 2.15. The number of hydrogen-bond acceptors (Lipinski definition) is 8. The Bertz CT molecular complexity index is 1190. The highest BCUT2D eigenvalue weighted by molar-refractivity contribution is 7.98. The van der Waals surface area contributed by atoms with E-state index in [1.807, 2.05) is 30.3 Å². The predicted octanol–water partition coefficient (Wildman–Crippen LogP) is 4.90. The molecule has 0 unspecified atom stereocenters. The van der Waals surface area contributed by atoms with Gasteiger partial charge in [0.1, 0.15) is 5.82 Å². The van der Waals surface area contributed by atoms with Gasteiger partial charge in [-0.15, -0.1) is 20.4 Å². The van der Waals surface area contributed by atoms with Gasteiger partial charge in [0.15, 0.2) is 16.7 Å². The van der Waals surface area contributed by atoms with E-state index in [2.05, 4.69) is 31.9 Å². The van der Waals surface area contributed by atoms with Crippen LogP contribution in [0.4, 0.5) is 0 Å². The third-order valence-electron chi connectivity index (χ3n) is 4.80. The van der Waals surface area contributed by atoms with Crippen LogP contribution in [0.5, 0.6) is 11.5 Å². The molecule has 32 heavy (non-hydrogen) atoms. The Labute approximate surface area is 194 Å². The van der Waals surface area contributed by atoms with Gasteiger partial charge < -0.3 is 18.5 Å². The van der Waals surface area contributed by atoms with E-state index >= 15 is 0 Å². The molecule has 0 aliphatic rings. The summed E-state index contributed by atoms with van der Waals surface area (Å²) in [5.74, 6) is 3.73. The van der Waals surface area contributed by atoms with E-state index in [-0.39, 0.29) is 0 Å². The molecule has 0 amide bonds.